The van der Waals surface area contributed by atoms with Crippen LogP contribution in [0.15, 0.2) is 6.33 Å². The molecule has 1 fully saturated rings. The number of nitrogens with zero attached hydrogens (tertiary/aromatic N) is 3. The Kier molecular flexibility index (Phi) is 4.21. The number of urea groups is 1. The third-order valence-corrected chi connectivity index (χ3v) is 3.38. The number of aromatic nitrogens is 3. The van der Waals surface area contributed by atoms with E-state index in [1.165, 1.54) is 0 Å². The van der Waals surface area contributed by atoms with Gasteiger partial charge in [0.05, 0.1) is 12.5 Å². The molecular weight excluding hydrogens is 262 g/mol. The number of nitrogens with one attached hydrogen (secondary N) is 2. The minimum atomic E-state index is -0.899. The molecule has 0 radical (unpaired) electrons. The van der Waals surface area contributed by atoms with Crippen molar-refractivity contribution in [2.75, 3.05) is 0 Å². The Morgan fingerprint density at radius 1 is 1.50 bits per heavy atom. The molecule has 1 aromatic heterocycles. The van der Waals surface area contributed by atoms with Crippen LogP contribution >= 0.6 is 0 Å². The lowest BCUT2D eigenvalue weighted by atomic mass is 10.1. The topological polar surface area (TPSA) is 109 Å². The van der Waals surface area contributed by atoms with Gasteiger partial charge in [0.25, 0.3) is 0 Å². The molecule has 8 heteroatoms. The molecule has 3 N–H and O–H groups in total. The summed E-state index contributed by atoms with van der Waals surface area (Å²) >= 11 is 0. The van der Waals surface area contributed by atoms with Gasteiger partial charge in [0, 0.05) is 13.1 Å². The van der Waals surface area contributed by atoms with Crippen molar-refractivity contribution in [2.24, 2.45) is 13.0 Å². The van der Waals surface area contributed by atoms with E-state index in [-0.39, 0.29) is 30.5 Å². The maximum atomic E-state index is 11.9. The SMILES string of the molecule is CC(NC(=O)NC(CC(=O)O)C1CC1)c1nncn1C. The fourth-order valence-electron chi connectivity index (χ4n) is 2.18. The molecule has 2 rings (SSSR count). The van der Waals surface area contributed by atoms with Crippen LogP contribution in [0.4, 0.5) is 4.79 Å². The van der Waals surface area contributed by atoms with Gasteiger partial charge in [-0.1, -0.05) is 0 Å². The molecule has 2 atom stereocenters. The minimum Gasteiger partial charge on any atom is -0.481 e. The van der Waals surface area contributed by atoms with Crippen LogP contribution in [0.2, 0.25) is 0 Å². The lowest BCUT2D eigenvalue weighted by Crippen LogP contribution is -2.45. The van der Waals surface area contributed by atoms with Gasteiger partial charge in [-0.15, -0.1) is 10.2 Å². The fourth-order valence-corrected chi connectivity index (χ4v) is 2.18. The van der Waals surface area contributed by atoms with Gasteiger partial charge in [0.1, 0.15) is 6.33 Å². The molecule has 8 nitrogen and oxygen atoms in total. The Morgan fingerprint density at radius 2 is 2.20 bits per heavy atom. The van der Waals surface area contributed by atoms with Crippen molar-refractivity contribution in [1.29, 1.82) is 0 Å². The van der Waals surface area contributed by atoms with Crippen LogP contribution in [0.25, 0.3) is 0 Å². The number of carboxylic acid groups (broad SMARTS) is 1. The third-order valence-electron chi connectivity index (χ3n) is 3.38. The number of carbonyl (C=O) groups is 2. The molecule has 0 saturated heterocycles. The molecule has 2 unspecified atom stereocenters. The highest BCUT2D eigenvalue weighted by Gasteiger charge is 2.34. The zero-order chi connectivity index (χ0) is 14.7. The maximum absolute atomic E-state index is 11.9. The summed E-state index contributed by atoms with van der Waals surface area (Å²) in [6, 6.07) is -0.981. The summed E-state index contributed by atoms with van der Waals surface area (Å²) in [5.74, 6) is 0.0203. The van der Waals surface area contributed by atoms with E-state index in [4.69, 9.17) is 5.11 Å². The van der Waals surface area contributed by atoms with Gasteiger partial charge in [0.2, 0.25) is 0 Å². The van der Waals surface area contributed by atoms with E-state index >= 15 is 0 Å². The van der Waals surface area contributed by atoms with Crippen molar-refractivity contribution in [3.05, 3.63) is 12.2 Å². The molecular formula is C12H19N5O3. The number of hydrogen-bond donors (Lipinski definition) is 3. The first-order chi connectivity index (χ1) is 9.47. The number of rotatable bonds is 6. The first kappa shape index (κ1) is 14.3. The largest absolute Gasteiger partial charge is 0.481 e. The van der Waals surface area contributed by atoms with Gasteiger partial charge in [-0.3, -0.25) is 4.79 Å². The highest BCUT2D eigenvalue weighted by molar-refractivity contribution is 5.76. The predicted molar refractivity (Wildman–Crippen MR) is 69.9 cm³/mol. The van der Waals surface area contributed by atoms with E-state index in [1.807, 2.05) is 0 Å². The molecule has 0 aliphatic heterocycles. The fraction of sp³-hybridized carbons (Fsp3) is 0.667. The van der Waals surface area contributed by atoms with Crippen molar-refractivity contribution in [3.8, 4) is 0 Å². The molecule has 0 aromatic carbocycles. The number of aliphatic carboxylic acids is 1. The predicted octanol–water partition coefficient (Wildman–Crippen LogP) is 0.429. The zero-order valence-corrected chi connectivity index (χ0v) is 11.5. The normalized spacial score (nSPS) is 17.3. The van der Waals surface area contributed by atoms with Crippen LogP contribution in [-0.2, 0) is 11.8 Å². The number of hydrogen-bond acceptors (Lipinski definition) is 4. The summed E-state index contributed by atoms with van der Waals surface area (Å²) in [5.41, 5.74) is 0. The summed E-state index contributed by atoms with van der Waals surface area (Å²) in [7, 11) is 1.79. The highest BCUT2D eigenvalue weighted by Crippen LogP contribution is 2.34. The molecule has 20 heavy (non-hydrogen) atoms. The summed E-state index contributed by atoms with van der Waals surface area (Å²) in [5, 5.41) is 22.0. The van der Waals surface area contributed by atoms with Gasteiger partial charge in [-0.2, -0.15) is 0 Å². The van der Waals surface area contributed by atoms with Crippen LogP contribution in [0.5, 0.6) is 0 Å². The Hall–Kier alpha value is -2.12. The summed E-state index contributed by atoms with van der Waals surface area (Å²) < 4.78 is 1.72. The summed E-state index contributed by atoms with van der Waals surface area (Å²) in [6.45, 7) is 1.80. The van der Waals surface area contributed by atoms with Crippen molar-refractivity contribution < 1.29 is 14.7 Å². The van der Waals surface area contributed by atoms with Gasteiger partial charge in [-0.25, -0.2) is 4.79 Å². The van der Waals surface area contributed by atoms with Crippen molar-refractivity contribution in [2.45, 2.75) is 38.3 Å². The lowest BCUT2D eigenvalue weighted by molar-refractivity contribution is -0.137. The molecule has 1 saturated carbocycles. The number of aryl methyl sites for hydroxylation is 1. The van der Waals surface area contributed by atoms with E-state index in [9.17, 15) is 9.59 Å². The summed E-state index contributed by atoms with van der Waals surface area (Å²) in [4.78, 5) is 22.7. The average Bonchev–Trinajstić information content (AvgIpc) is 3.10. The van der Waals surface area contributed by atoms with Crippen molar-refractivity contribution >= 4 is 12.0 Å². The number of carbonyl (C=O) groups excluding carboxylic acids is 1. The van der Waals surface area contributed by atoms with Crippen LogP contribution < -0.4 is 10.6 Å². The second kappa shape index (κ2) is 5.89. The van der Waals surface area contributed by atoms with E-state index in [0.717, 1.165) is 12.8 Å². The van der Waals surface area contributed by atoms with Crippen molar-refractivity contribution in [3.63, 3.8) is 0 Å². The maximum Gasteiger partial charge on any atom is 0.315 e. The van der Waals surface area contributed by atoms with E-state index in [1.54, 1.807) is 24.9 Å². The van der Waals surface area contributed by atoms with Crippen LogP contribution in [0.1, 0.15) is 38.1 Å². The number of amides is 2. The van der Waals surface area contributed by atoms with Crippen molar-refractivity contribution in [1.82, 2.24) is 25.4 Å². The quantitative estimate of drug-likeness (QED) is 0.700. The molecule has 0 bridgehead atoms. The smallest absolute Gasteiger partial charge is 0.315 e. The minimum absolute atomic E-state index is 0.0452. The molecule has 1 aliphatic rings. The van der Waals surface area contributed by atoms with E-state index in [0.29, 0.717) is 5.82 Å². The van der Waals surface area contributed by atoms with E-state index in [2.05, 4.69) is 20.8 Å². The Bertz CT molecular complexity index is 497. The molecule has 1 aromatic rings. The third kappa shape index (κ3) is 3.69. The Balaban J connectivity index is 1.87. The van der Waals surface area contributed by atoms with Crippen LogP contribution in [0.3, 0.4) is 0 Å². The van der Waals surface area contributed by atoms with Crippen LogP contribution in [0, 0.1) is 5.92 Å². The first-order valence-electron chi connectivity index (χ1n) is 6.60. The van der Waals surface area contributed by atoms with Gasteiger partial charge < -0.3 is 20.3 Å². The van der Waals surface area contributed by atoms with Gasteiger partial charge in [0.15, 0.2) is 5.82 Å². The first-order valence-corrected chi connectivity index (χ1v) is 6.60. The van der Waals surface area contributed by atoms with E-state index < -0.39 is 5.97 Å². The Morgan fingerprint density at radius 3 is 2.70 bits per heavy atom. The Labute approximate surface area is 116 Å². The molecule has 1 heterocycles. The van der Waals surface area contributed by atoms with Gasteiger partial charge >= 0.3 is 12.0 Å². The molecule has 2 amide bonds. The van der Waals surface area contributed by atoms with Crippen LogP contribution in [-0.4, -0.2) is 37.9 Å². The second-order valence-corrected chi connectivity index (χ2v) is 5.18. The molecule has 0 spiro atoms. The second-order valence-electron chi connectivity index (χ2n) is 5.18. The monoisotopic (exact) mass is 281 g/mol. The summed E-state index contributed by atoms with van der Waals surface area (Å²) in [6.07, 6.45) is 3.45. The lowest BCUT2D eigenvalue weighted by Gasteiger charge is -2.19. The highest BCUT2D eigenvalue weighted by atomic mass is 16.4. The molecule has 110 valence electrons. The number of carboxylic acids is 1. The zero-order valence-electron chi connectivity index (χ0n) is 11.5. The average molecular weight is 281 g/mol. The van der Waals surface area contributed by atoms with Gasteiger partial charge in [-0.05, 0) is 25.7 Å². The molecule has 1 aliphatic carbocycles. The standard InChI is InChI=1S/C12H19N5O3/c1-7(11-16-13-6-17(11)2)14-12(20)15-9(5-10(18)19)8-3-4-8/h6-9H,3-5H2,1-2H3,(H,18,19)(H2,14,15,20).